The predicted molar refractivity (Wildman–Crippen MR) is 151 cm³/mol. The number of amides is 4. The van der Waals surface area contributed by atoms with Crippen molar-refractivity contribution in [2.45, 2.75) is 6.42 Å². The van der Waals surface area contributed by atoms with Gasteiger partial charge in [-0.05, 0) is 48.9 Å². The fraction of sp³-hybridized carbons (Fsp3) is 0.448. The Morgan fingerprint density at radius 1 is 0.800 bits per heavy atom. The van der Waals surface area contributed by atoms with Crippen LogP contribution in [-0.4, -0.2) is 111 Å². The second-order valence-corrected chi connectivity index (χ2v) is 10.1. The van der Waals surface area contributed by atoms with E-state index in [9.17, 15) is 14.4 Å². The summed E-state index contributed by atoms with van der Waals surface area (Å²) in [5.74, 6) is -0.392. The lowest BCUT2D eigenvalue weighted by atomic mass is 10.1. The second kappa shape index (κ2) is 12.8. The van der Waals surface area contributed by atoms with E-state index in [1.807, 2.05) is 26.8 Å². The molecular formula is C29H35N7O4. The number of ether oxygens (including phenoxy) is 1. The van der Waals surface area contributed by atoms with Crippen molar-refractivity contribution in [2.75, 3.05) is 88.9 Å². The Balaban J connectivity index is 1.37. The number of hydrogen-bond donors (Lipinski definition) is 2. The highest BCUT2D eigenvalue weighted by Gasteiger charge is 2.27. The molecule has 11 nitrogen and oxygen atoms in total. The van der Waals surface area contributed by atoms with Crippen LogP contribution in [0.1, 0.15) is 32.7 Å². The Morgan fingerprint density at radius 2 is 1.50 bits per heavy atom. The van der Waals surface area contributed by atoms with E-state index in [1.54, 1.807) is 30.3 Å². The van der Waals surface area contributed by atoms with Crippen LogP contribution in [0.15, 0.2) is 42.5 Å². The highest BCUT2D eigenvalue weighted by atomic mass is 16.5. The molecule has 0 aliphatic carbocycles. The summed E-state index contributed by atoms with van der Waals surface area (Å²) < 4.78 is 5.39. The molecule has 40 heavy (non-hydrogen) atoms. The fourth-order valence-electron chi connectivity index (χ4n) is 5.29. The van der Waals surface area contributed by atoms with E-state index in [-0.39, 0.29) is 17.8 Å². The predicted octanol–water partition coefficient (Wildman–Crippen LogP) is 1.82. The monoisotopic (exact) mass is 545 g/mol. The number of carbonyl (C=O) groups excluding carboxylic acids is 3. The summed E-state index contributed by atoms with van der Waals surface area (Å²) in [6, 6.07) is 14.0. The summed E-state index contributed by atoms with van der Waals surface area (Å²) in [6.07, 6.45) is 0.778. The SMILES string of the molecule is N#Cc1ccc(C(=O)Nc2cc(C(=O)N3CCNCC3)ccc2N2CCCN(C(=O)N3CCOCC3)CC2)cc1. The zero-order valence-corrected chi connectivity index (χ0v) is 22.6. The number of anilines is 2. The third-order valence-electron chi connectivity index (χ3n) is 7.56. The Hall–Kier alpha value is -4.14. The Kier molecular flexibility index (Phi) is 8.78. The largest absolute Gasteiger partial charge is 0.378 e. The molecule has 0 saturated carbocycles. The van der Waals surface area contributed by atoms with Gasteiger partial charge in [0.25, 0.3) is 11.8 Å². The Morgan fingerprint density at radius 3 is 2.23 bits per heavy atom. The number of piperazine rings is 1. The molecule has 2 aromatic rings. The van der Waals surface area contributed by atoms with Gasteiger partial charge in [-0.3, -0.25) is 9.59 Å². The lowest BCUT2D eigenvalue weighted by Gasteiger charge is -2.32. The van der Waals surface area contributed by atoms with Crippen LogP contribution in [0.2, 0.25) is 0 Å². The molecule has 3 aliphatic rings. The summed E-state index contributed by atoms with van der Waals surface area (Å²) in [5, 5.41) is 15.4. The second-order valence-electron chi connectivity index (χ2n) is 10.1. The quantitative estimate of drug-likeness (QED) is 0.601. The molecule has 0 radical (unpaired) electrons. The van der Waals surface area contributed by atoms with Gasteiger partial charge < -0.3 is 35.0 Å². The van der Waals surface area contributed by atoms with Gasteiger partial charge in [0.2, 0.25) is 0 Å². The number of benzene rings is 2. The minimum absolute atomic E-state index is 0.0384. The Bertz CT molecular complexity index is 1260. The average molecular weight is 546 g/mol. The van der Waals surface area contributed by atoms with Gasteiger partial charge in [0, 0.05) is 76.6 Å². The lowest BCUT2D eigenvalue weighted by molar-refractivity contribution is 0.0438. The van der Waals surface area contributed by atoms with Crippen molar-refractivity contribution in [2.24, 2.45) is 0 Å². The van der Waals surface area contributed by atoms with Crippen LogP contribution >= 0.6 is 0 Å². The molecule has 210 valence electrons. The maximum absolute atomic E-state index is 13.3. The van der Waals surface area contributed by atoms with Crippen molar-refractivity contribution in [1.29, 1.82) is 5.26 Å². The number of hydrogen-bond acceptors (Lipinski definition) is 7. The molecule has 0 aromatic heterocycles. The summed E-state index contributed by atoms with van der Waals surface area (Å²) >= 11 is 0. The molecule has 2 aromatic carbocycles. The summed E-state index contributed by atoms with van der Waals surface area (Å²) in [5.41, 5.74) is 2.76. The van der Waals surface area contributed by atoms with Crippen LogP contribution in [0.3, 0.4) is 0 Å². The third kappa shape index (κ3) is 6.35. The van der Waals surface area contributed by atoms with Crippen molar-refractivity contribution in [3.8, 4) is 6.07 Å². The van der Waals surface area contributed by atoms with E-state index in [0.29, 0.717) is 87.9 Å². The molecule has 0 unspecified atom stereocenters. The average Bonchev–Trinajstić information content (AvgIpc) is 3.27. The first-order valence-corrected chi connectivity index (χ1v) is 13.9. The number of morpholine rings is 1. The third-order valence-corrected chi connectivity index (χ3v) is 7.56. The highest BCUT2D eigenvalue weighted by molar-refractivity contribution is 6.07. The van der Waals surface area contributed by atoms with Crippen LogP contribution in [0.4, 0.5) is 16.2 Å². The van der Waals surface area contributed by atoms with Gasteiger partial charge >= 0.3 is 6.03 Å². The first kappa shape index (κ1) is 27.4. The highest BCUT2D eigenvalue weighted by Crippen LogP contribution is 2.30. The van der Waals surface area contributed by atoms with E-state index in [0.717, 1.165) is 25.2 Å². The normalized spacial score (nSPS) is 18.1. The van der Waals surface area contributed by atoms with Crippen molar-refractivity contribution in [3.63, 3.8) is 0 Å². The van der Waals surface area contributed by atoms with Crippen molar-refractivity contribution in [3.05, 3.63) is 59.2 Å². The van der Waals surface area contributed by atoms with Gasteiger partial charge in [-0.2, -0.15) is 5.26 Å². The lowest BCUT2D eigenvalue weighted by Crippen LogP contribution is -2.49. The summed E-state index contributed by atoms with van der Waals surface area (Å²) in [6.45, 7) is 7.61. The molecule has 0 atom stereocenters. The molecule has 0 spiro atoms. The van der Waals surface area contributed by atoms with Crippen molar-refractivity contribution in [1.82, 2.24) is 20.0 Å². The van der Waals surface area contributed by atoms with Gasteiger partial charge in [-0.1, -0.05) is 0 Å². The zero-order valence-electron chi connectivity index (χ0n) is 22.6. The standard InChI is InChI=1S/C29H35N7O4/c30-21-22-2-4-23(5-3-22)27(37)32-25-20-24(28(38)34-12-8-31-9-13-34)6-7-26(25)33-10-1-11-35(15-14-33)29(39)36-16-18-40-19-17-36/h2-7,20,31H,1,8-19H2,(H,32,37). The number of urea groups is 1. The molecule has 4 amide bonds. The van der Waals surface area contributed by atoms with E-state index >= 15 is 0 Å². The maximum Gasteiger partial charge on any atom is 0.320 e. The topological polar surface area (TPSA) is 121 Å². The first-order chi connectivity index (χ1) is 19.5. The molecule has 3 saturated heterocycles. The maximum atomic E-state index is 13.3. The zero-order chi connectivity index (χ0) is 27.9. The Labute approximate surface area is 234 Å². The van der Waals surface area contributed by atoms with E-state index in [2.05, 4.69) is 21.6 Å². The molecule has 11 heteroatoms. The summed E-state index contributed by atoms with van der Waals surface area (Å²) in [7, 11) is 0. The number of rotatable bonds is 4. The molecule has 2 N–H and O–H groups in total. The van der Waals surface area contributed by atoms with Gasteiger partial charge in [0.15, 0.2) is 0 Å². The van der Waals surface area contributed by atoms with E-state index < -0.39 is 0 Å². The van der Waals surface area contributed by atoms with Crippen LogP contribution in [0.5, 0.6) is 0 Å². The van der Waals surface area contributed by atoms with Crippen LogP contribution in [0, 0.1) is 11.3 Å². The van der Waals surface area contributed by atoms with Crippen molar-refractivity contribution < 1.29 is 19.1 Å². The van der Waals surface area contributed by atoms with Crippen LogP contribution in [-0.2, 0) is 4.74 Å². The smallest absolute Gasteiger partial charge is 0.320 e. The number of nitrogens with zero attached hydrogens (tertiary/aromatic N) is 5. The fourth-order valence-corrected chi connectivity index (χ4v) is 5.29. The van der Waals surface area contributed by atoms with E-state index in [4.69, 9.17) is 10.00 Å². The number of carbonyl (C=O) groups is 3. The number of nitrogens with one attached hydrogen (secondary N) is 2. The van der Waals surface area contributed by atoms with Gasteiger partial charge in [0.1, 0.15) is 0 Å². The number of nitriles is 1. The first-order valence-electron chi connectivity index (χ1n) is 13.9. The summed E-state index contributed by atoms with van der Waals surface area (Å²) in [4.78, 5) is 47.3. The molecule has 0 bridgehead atoms. The molecule has 3 heterocycles. The molecule has 3 aliphatic heterocycles. The molecule has 3 fully saturated rings. The minimum atomic E-state index is -0.323. The van der Waals surface area contributed by atoms with Crippen LogP contribution < -0.4 is 15.5 Å². The van der Waals surface area contributed by atoms with Crippen molar-refractivity contribution >= 4 is 29.2 Å². The van der Waals surface area contributed by atoms with Gasteiger partial charge in [0.05, 0.1) is 36.2 Å². The van der Waals surface area contributed by atoms with Gasteiger partial charge in [-0.25, -0.2) is 4.79 Å². The molecule has 5 rings (SSSR count). The van der Waals surface area contributed by atoms with E-state index in [1.165, 1.54) is 0 Å². The molecular weight excluding hydrogens is 510 g/mol. The minimum Gasteiger partial charge on any atom is -0.378 e. The van der Waals surface area contributed by atoms with Crippen LogP contribution in [0.25, 0.3) is 0 Å². The van der Waals surface area contributed by atoms with Gasteiger partial charge in [-0.15, -0.1) is 0 Å².